The van der Waals surface area contributed by atoms with E-state index in [1.165, 1.54) is 16.0 Å². The summed E-state index contributed by atoms with van der Waals surface area (Å²) in [5.41, 5.74) is 4.12. The summed E-state index contributed by atoms with van der Waals surface area (Å²) in [6.45, 7) is 1.79. The number of likely N-dealkylation sites (N-methyl/N-ethyl adjacent to an activating group) is 1. The predicted octanol–water partition coefficient (Wildman–Crippen LogP) is 2.04. The standard InChI is InChI=1S/C21H25NO6S/c1-2-22(17-6-7-29(25,26)13-17)20(23)12-28-21(24)10-16-11-27-19-9-15-5-3-4-14(15)8-18(16)19/h8-9,11,17H,2-7,10,12-13H2,1H3. The summed E-state index contributed by atoms with van der Waals surface area (Å²) in [6, 6.07) is 3.80. The first kappa shape index (κ1) is 19.9. The van der Waals surface area contributed by atoms with Gasteiger partial charge in [-0.25, -0.2) is 8.42 Å². The highest BCUT2D eigenvalue weighted by Gasteiger charge is 2.34. The van der Waals surface area contributed by atoms with E-state index in [0.717, 1.165) is 35.8 Å². The van der Waals surface area contributed by atoms with Crippen LogP contribution >= 0.6 is 0 Å². The third kappa shape index (κ3) is 4.17. The van der Waals surface area contributed by atoms with Crippen molar-refractivity contribution in [2.75, 3.05) is 24.7 Å². The maximum atomic E-state index is 12.5. The summed E-state index contributed by atoms with van der Waals surface area (Å²) in [6.07, 6.45) is 5.27. The summed E-state index contributed by atoms with van der Waals surface area (Å²) in [5.74, 6) is -0.792. The molecule has 1 aromatic carbocycles. The lowest BCUT2D eigenvalue weighted by atomic mass is 10.0. The molecule has 1 atom stereocenters. The van der Waals surface area contributed by atoms with Crippen LogP contribution < -0.4 is 0 Å². The maximum absolute atomic E-state index is 12.5. The molecule has 2 aliphatic rings. The molecule has 2 heterocycles. The molecule has 2 aromatic rings. The fourth-order valence-electron chi connectivity index (χ4n) is 4.38. The Hall–Kier alpha value is -2.35. The van der Waals surface area contributed by atoms with Gasteiger partial charge in [-0.3, -0.25) is 9.59 Å². The number of aryl methyl sites for hydroxylation is 2. The third-order valence-electron chi connectivity index (χ3n) is 5.87. The molecule has 8 heteroatoms. The summed E-state index contributed by atoms with van der Waals surface area (Å²) < 4.78 is 34.1. The van der Waals surface area contributed by atoms with Gasteiger partial charge in [-0.1, -0.05) is 0 Å². The van der Waals surface area contributed by atoms with Crippen LogP contribution in [0.3, 0.4) is 0 Å². The molecule has 1 aliphatic heterocycles. The molecule has 1 unspecified atom stereocenters. The van der Waals surface area contributed by atoms with Crippen molar-refractivity contribution in [3.8, 4) is 0 Å². The van der Waals surface area contributed by atoms with Gasteiger partial charge in [-0.15, -0.1) is 0 Å². The summed E-state index contributed by atoms with van der Waals surface area (Å²) in [5, 5.41) is 0.917. The molecule has 1 fully saturated rings. The van der Waals surface area contributed by atoms with Crippen molar-refractivity contribution in [1.29, 1.82) is 0 Å². The monoisotopic (exact) mass is 419 g/mol. The fraction of sp³-hybridized carbons (Fsp3) is 0.524. The van der Waals surface area contributed by atoms with E-state index >= 15 is 0 Å². The predicted molar refractivity (Wildman–Crippen MR) is 107 cm³/mol. The van der Waals surface area contributed by atoms with Crippen LogP contribution in [0.1, 0.15) is 36.5 Å². The smallest absolute Gasteiger partial charge is 0.310 e. The van der Waals surface area contributed by atoms with Crippen molar-refractivity contribution < 1.29 is 27.2 Å². The first-order valence-corrected chi connectivity index (χ1v) is 11.9. The van der Waals surface area contributed by atoms with Gasteiger partial charge in [-0.2, -0.15) is 0 Å². The summed E-state index contributed by atoms with van der Waals surface area (Å²) in [7, 11) is -3.09. The average Bonchev–Trinajstić information content (AvgIpc) is 3.38. The number of nitrogens with zero attached hydrogens (tertiary/aromatic N) is 1. The lowest BCUT2D eigenvalue weighted by molar-refractivity contribution is -0.152. The molecule has 156 valence electrons. The number of esters is 1. The molecule has 1 aromatic heterocycles. The fourth-order valence-corrected chi connectivity index (χ4v) is 6.11. The van der Waals surface area contributed by atoms with Gasteiger partial charge >= 0.3 is 5.97 Å². The number of carbonyl (C=O) groups is 2. The van der Waals surface area contributed by atoms with Crippen LogP contribution in [0.15, 0.2) is 22.8 Å². The van der Waals surface area contributed by atoms with Crippen LogP contribution in [0.2, 0.25) is 0 Å². The SMILES string of the molecule is CCN(C(=O)COC(=O)Cc1coc2cc3c(cc12)CCC3)C1CCS(=O)(=O)C1. The third-order valence-corrected chi connectivity index (χ3v) is 7.62. The van der Waals surface area contributed by atoms with E-state index < -0.39 is 15.8 Å². The Morgan fingerprint density at radius 2 is 2.00 bits per heavy atom. The van der Waals surface area contributed by atoms with E-state index in [1.54, 1.807) is 13.2 Å². The van der Waals surface area contributed by atoms with Crippen LogP contribution in [0, 0.1) is 0 Å². The van der Waals surface area contributed by atoms with Gasteiger partial charge in [0.25, 0.3) is 5.91 Å². The lowest BCUT2D eigenvalue weighted by Gasteiger charge is -2.26. The van der Waals surface area contributed by atoms with Crippen molar-refractivity contribution in [2.24, 2.45) is 0 Å². The van der Waals surface area contributed by atoms with Crippen molar-refractivity contribution in [2.45, 2.75) is 45.1 Å². The van der Waals surface area contributed by atoms with Gasteiger partial charge in [-0.05, 0) is 55.9 Å². The number of benzene rings is 1. The molecule has 1 saturated heterocycles. The number of hydrogen-bond donors (Lipinski definition) is 0. The number of sulfone groups is 1. The number of hydrogen-bond acceptors (Lipinski definition) is 6. The summed E-state index contributed by atoms with van der Waals surface area (Å²) in [4.78, 5) is 26.2. The molecule has 1 aliphatic carbocycles. The number of fused-ring (bicyclic) bond motifs is 2. The quantitative estimate of drug-likeness (QED) is 0.665. The molecule has 0 N–H and O–H groups in total. The van der Waals surface area contributed by atoms with E-state index in [-0.39, 0.29) is 36.5 Å². The minimum atomic E-state index is -3.09. The Morgan fingerprint density at radius 3 is 2.69 bits per heavy atom. The highest BCUT2D eigenvalue weighted by Crippen LogP contribution is 2.30. The second kappa shape index (κ2) is 7.82. The van der Waals surface area contributed by atoms with Gasteiger partial charge < -0.3 is 14.1 Å². The Labute approximate surface area is 169 Å². The number of ether oxygens (including phenoxy) is 1. The van der Waals surface area contributed by atoms with E-state index in [2.05, 4.69) is 6.07 Å². The van der Waals surface area contributed by atoms with Crippen molar-refractivity contribution >= 4 is 32.7 Å². The first-order chi connectivity index (χ1) is 13.9. The number of carbonyl (C=O) groups excluding carboxylic acids is 2. The Kier molecular flexibility index (Phi) is 5.38. The molecular weight excluding hydrogens is 394 g/mol. The molecule has 1 amide bonds. The van der Waals surface area contributed by atoms with Crippen LogP contribution in [-0.2, 0) is 43.4 Å². The molecule has 4 rings (SSSR count). The number of rotatable bonds is 6. The van der Waals surface area contributed by atoms with E-state index in [1.807, 2.05) is 6.07 Å². The molecule has 0 bridgehead atoms. The van der Waals surface area contributed by atoms with Crippen molar-refractivity contribution in [3.63, 3.8) is 0 Å². The van der Waals surface area contributed by atoms with Gasteiger partial charge in [0.2, 0.25) is 0 Å². The number of amides is 1. The highest BCUT2D eigenvalue weighted by atomic mass is 32.2. The highest BCUT2D eigenvalue weighted by molar-refractivity contribution is 7.91. The average molecular weight is 419 g/mol. The zero-order valence-corrected chi connectivity index (χ0v) is 17.3. The largest absolute Gasteiger partial charge is 0.464 e. The van der Waals surface area contributed by atoms with Crippen LogP contribution in [0.25, 0.3) is 11.0 Å². The zero-order chi connectivity index (χ0) is 20.6. The normalized spacial score (nSPS) is 20.0. The molecular formula is C21H25NO6S. The summed E-state index contributed by atoms with van der Waals surface area (Å²) >= 11 is 0. The molecule has 0 spiro atoms. The van der Waals surface area contributed by atoms with Crippen molar-refractivity contribution in [1.82, 2.24) is 4.90 Å². The van der Waals surface area contributed by atoms with Crippen LogP contribution in [0.5, 0.6) is 0 Å². The Morgan fingerprint density at radius 1 is 1.24 bits per heavy atom. The second-order valence-electron chi connectivity index (χ2n) is 7.81. The Bertz CT molecular complexity index is 1050. The zero-order valence-electron chi connectivity index (χ0n) is 16.5. The topological polar surface area (TPSA) is 93.9 Å². The molecule has 7 nitrogen and oxygen atoms in total. The van der Waals surface area contributed by atoms with Crippen LogP contribution in [-0.4, -0.2) is 55.9 Å². The molecule has 0 radical (unpaired) electrons. The van der Waals surface area contributed by atoms with E-state index in [4.69, 9.17) is 9.15 Å². The van der Waals surface area contributed by atoms with E-state index in [9.17, 15) is 18.0 Å². The minimum Gasteiger partial charge on any atom is -0.464 e. The number of furan rings is 1. The first-order valence-electron chi connectivity index (χ1n) is 10.0. The van der Waals surface area contributed by atoms with Gasteiger partial charge in [0.15, 0.2) is 16.4 Å². The van der Waals surface area contributed by atoms with Gasteiger partial charge in [0.05, 0.1) is 24.2 Å². The van der Waals surface area contributed by atoms with Gasteiger partial charge in [0, 0.05) is 23.5 Å². The minimum absolute atomic E-state index is 0.0220. The van der Waals surface area contributed by atoms with E-state index in [0.29, 0.717) is 13.0 Å². The molecule has 0 saturated carbocycles. The van der Waals surface area contributed by atoms with Gasteiger partial charge in [0.1, 0.15) is 5.58 Å². The molecule has 29 heavy (non-hydrogen) atoms. The lowest BCUT2D eigenvalue weighted by Crippen LogP contribution is -2.43. The van der Waals surface area contributed by atoms with Crippen LogP contribution in [0.4, 0.5) is 0 Å². The van der Waals surface area contributed by atoms with Crippen molar-refractivity contribution in [3.05, 3.63) is 35.1 Å². The Balaban J connectivity index is 1.36. The second-order valence-corrected chi connectivity index (χ2v) is 10.0. The maximum Gasteiger partial charge on any atom is 0.310 e.